The van der Waals surface area contributed by atoms with Gasteiger partial charge in [-0.3, -0.25) is 4.57 Å². The lowest BCUT2D eigenvalue weighted by atomic mass is 10.0. The number of hydrogen-bond donors (Lipinski definition) is 2. The standard InChI is InChI=1S/C23H28N2O5/c1-2-3-4-5-6-15-7-9-16(10-8-15)19-11-17-13-25(23(28)24-22(17)30-19)21-12-18(27)20(14-26)29-21/h7-11,13,18,20-21,26-27H,2-6,12,14H2,1H3/t18-,20?,21?/m1/s1. The molecular formula is C23H28N2O5. The van der Waals surface area contributed by atoms with Crippen LogP contribution in [0.3, 0.4) is 0 Å². The molecule has 7 heteroatoms. The molecule has 1 aliphatic rings. The van der Waals surface area contributed by atoms with Gasteiger partial charge in [0.15, 0.2) is 0 Å². The van der Waals surface area contributed by atoms with Crippen molar-refractivity contribution >= 4 is 11.1 Å². The van der Waals surface area contributed by atoms with E-state index in [1.54, 1.807) is 6.20 Å². The van der Waals surface area contributed by atoms with Crippen LogP contribution in [0.4, 0.5) is 0 Å². The zero-order valence-corrected chi connectivity index (χ0v) is 17.2. The summed E-state index contributed by atoms with van der Waals surface area (Å²) in [6, 6.07) is 10.1. The predicted octanol–water partition coefficient (Wildman–Crippen LogP) is 3.42. The second-order valence-electron chi connectivity index (χ2n) is 7.92. The Morgan fingerprint density at radius 2 is 2.00 bits per heavy atom. The monoisotopic (exact) mass is 412 g/mol. The number of ether oxygens (including phenoxy) is 1. The number of fused-ring (bicyclic) bond motifs is 1. The van der Waals surface area contributed by atoms with Crippen molar-refractivity contribution in [2.45, 2.75) is 63.9 Å². The van der Waals surface area contributed by atoms with E-state index in [4.69, 9.17) is 9.15 Å². The van der Waals surface area contributed by atoms with E-state index >= 15 is 0 Å². The molecule has 0 saturated carbocycles. The molecule has 0 spiro atoms. The molecule has 7 nitrogen and oxygen atoms in total. The number of aryl methyl sites for hydroxylation is 1. The molecule has 2 unspecified atom stereocenters. The summed E-state index contributed by atoms with van der Waals surface area (Å²) in [6.45, 7) is 1.91. The lowest BCUT2D eigenvalue weighted by molar-refractivity contribution is -0.0457. The van der Waals surface area contributed by atoms with Gasteiger partial charge < -0.3 is 19.4 Å². The van der Waals surface area contributed by atoms with Crippen LogP contribution >= 0.6 is 0 Å². The summed E-state index contributed by atoms with van der Waals surface area (Å²) in [5, 5.41) is 19.9. The fraction of sp³-hybridized carbons (Fsp3) is 0.478. The normalized spacial score (nSPS) is 21.5. The Morgan fingerprint density at radius 1 is 1.20 bits per heavy atom. The molecular weight excluding hydrogens is 384 g/mol. The topological polar surface area (TPSA) is 97.7 Å². The van der Waals surface area contributed by atoms with Crippen molar-refractivity contribution < 1.29 is 19.4 Å². The molecule has 3 atom stereocenters. The lowest BCUT2D eigenvalue weighted by Gasteiger charge is -2.13. The molecule has 1 fully saturated rings. The van der Waals surface area contributed by atoms with Crippen LogP contribution in [0, 0.1) is 0 Å². The maximum Gasteiger partial charge on any atom is 0.353 e. The number of aromatic nitrogens is 2. The first-order valence-electron chi connectivity index (χ1n) is 10.7. The van der Waals surface area contributed by atoms with Crippen molar-refractivity contribution in [1.29, 1.82) is 0 Å². The Hall–Kier alpha value is -2.48. The van der Waals surface area contributed by atoms with E-state index in [1.165, 1.54) is 35.8 Å². The van der Waals surface area contributed by atoms with Gasteiger partial charge in [0, 0.05) is 18.2 Å². The summed E-state index contributed by atoms with van der Waals surface area (Å²) in [6.07, 6.45) is 5.72. The molecule has 2 aromatic heterocycles. The van der Waals surface area contributed by atoms with Gasteiger partial charge in [0.2, 0.25) is 5.71 Å². The first-order chi connectivity index (χ1) is 14.6. The number of hydrogen-bond acceptors (Lipinski definition) is 6. The van der Waals surface area contributed by atoms with E-state index < -0.39 is 24.1 Å². The summed E-state index contributed by atoms with van der Waals surface area (Å²) >= 11 is 0. The summed E-state index contributed by atoms with van der Waals surface area (Å²) in [5.74, 6) is 0.646. The van der Waals surface area contributed by atoms with Crippen molar-refractivity contribution in [2.75, 3.05) is 6.61 Å². The molecule has 1 saturated heterocycles. The molecule has 3 heterocycles. The number of rotatable bonds is 8. The molecule has 4 rings (SSSR count). The highest BCUT2D eigenvalue weighted by molar-refractivity contribution is 5.79. The van der Waals surface area contributed by atoms with Gasteiger partial charge in [0.25, 0.3) is 0 Å². The smallest absolute Gasteiger partial charge is 0.353 e. The van der Waals surface area contributed by atoms with E-state index in [0.29, 0.717) is 11.1 Å². The third kappa shape index (κ3) is 4.33. The van der Waals surface area contributed by atoms with Gasteiger partial charge in [-0.2, -0.15) is 4.98 Å². The number of furan rings is 1. The third-order valence-electron chi connectivity index (χ3n) is 5.69. The van der Waals surface area contributed by atoms with Crippen LogP contribution in [-0.2, 0) is 11.2 Å². The highest BCUT2D eigenvalue weighted by Gasteiger charge is 2.35. The van der Waals surface area contributed by atoms with Crippen LogP contribution < -0.4 is 5.69 Å². The Balaban J connectivity index is 1.53. The van der Waals surface area contributed by atoms with Crippen molar-refractivity contribution in [3.8, 4) is 11.3 Å². The molecule has 1 aliphatic heterocycles. The van der Waals surface area contributed by atoms with Gasteiger partial charge in [-0.1, -0.05) is 50.5 Å². The summed E-state index contributed by atoms with van der Waals surface area (Å²) in [4.78, 5) is 16.5. The Kier molecular flexibility index (Phi) is 6.32. The van der Waals surface area contributed by atoms with Crippen LogP contribution in [0.2, 0.25) is 0 Å². The molecule has 30 heavy (non-hydrogen) atoms. The van der Waals surface area contributed by atoms with Crippen LogP contribution in [0.1, 0.15) is 50.8 Å². The number of unbranched alkanes of at least 4 members (excludes halogenated alkanes) is 3. The zero-order chi connectivity index (χ0) is 21.1. The van der Waals surface area contributed by atoms with Crippen molar-refractivity contribution in [1.82, 2.24) is 9.55 Å². The van der Waals surface area contributed by atoms with Gasteiger partial charge in [-0.15, -0.1) is 0 Å². The zero-order valence-electron chi connectivity index (χ0n) is 17.2. The minimum Gasteiger partial charge on any atom is -0.437 e. The van der Waals surface area contributed by atoms with Gasteiger partial charge in [-0.05, 0) is 24.5 Å². The SMILES string of the molecule is CCCCCCc1ccc(-c2cc3cn(C4C[C@@H](O)C(CO)O4)c(=O)nc3o2)cc1. The van der Waals surface area contributed by atoms with Crippen LogP contribution in [0.15, 0.2) is 45.7 Å². The quantitative estimate of drug-likeness (QED) is 0.550. The Bertz CT molecular complexity index is 1040. The maximum atomic E-state index is 12.4. The van der Waals surface area contributed by atoms with Crippen LogP contribution in [0.25, 0.3) is 22.4 Å². The van der Waals surface area contributed by atoms with E-state index in [9.17, 15) is 15.0 Å². The van der Waals surface area contributed by atoms with Gasteiger partial charge in [0.1, 0.15) is 18.1 Å². The van der Waals surface area contributed by atoms with Crippen LogP contribution in [0.5, 0.6) is 0 Å². The second-order valence-corrected chi connectivity index (χ2v) is 7.92. The minimum atomic E-state index is -0.817. The number of aliphatic hydroxyl groups excluding tert-OH is 2. The van der Waals surface area contributed by atoms with Crippen molar-refractivity contribution in [2.24, 2.45) is 0 Å². The maximum absolute atomic E-state index is 12.4. The van der Waals surface area contributed by atoms with Gasteiger partial charge in [-0.25, -0.2) is 4.79 Å². The highest BCUT2D eigenvalue weighted by atomic mass is 16.5. The van der Waals surface area contributed by atoms with Crippen molar-refractivity contribution in [3.63, 3.8) is 0 Å². The summed E-state index contributed by atoms with van der Waals surface area (Å²) in [7, 11) is 0. The first-order valence-corrected chi connectivity index (χ1v) is 10.7. The highest BCUT2D eigenvalue weighted by Crippen LogP contribution is 2.30. The first kappa shape index (κ1) is 20.8. The largest absolute Gasteiger partial charge is 0.437 e. The molecule has 3 aromatic rings. The molecule has 2 N–H and O–H groups in total. The van der Waals surface area contributed by atoms with E-state index in [-0.39, 0.29) is 18.7 Å². The summed E-state index contributed by atoms with van der Waals surface area (Å²) < 4.78 is 12.7. The van der Waals surface area contributed by atoms with Gasteiger partial charge >= 0.3 is 5.69 Å². The lowest BCUT2D eigenvalue weighted by Crippen LogP contribution is -2.27. The average Bonchev–Trinajstić information content (AvgIpc) is 3.33. The molecule has 160 valence electrons. The molecule has 0 bridgehead atoms. The Morgan fingerprint density at radius 3 is 2.70 bits per heavy atom. The molecule has 0 amide bonds. The fourth-order valence-corrected chi connectivity index (χ4v) is 3.92. The van der Waals surface area contributed by atoms with E-state index in [1.807, 2.05) is 18.2 Å². The summed E-state index contributed by atoms with van der Waals surface area (Å²) in [5.41, 5.74) is 1.99. The van der Waals surface area contributed by atoms with Gasteiger partial charge in [0.05, 0.1) is 18.1 Å². The number of nitrogens with zero attached hydrogens (tertiary/aromatic N) is 2. The average molecular weight is 412 g/mol. The van der Waals surface area contributed by atoms with Crippen LogP contribution in [-0.4, -0.2) is 38.6 Å². The molecule has 0 aliphatic carbocycles. The van der Waals surface area contributed by atoms with E-state index in [0.717, 1.165) is 12.0 Å². The molecule has 0 radical (unpaired) electrons. The number of aliphatic hydroxyl groups is 2. The fourth-order valence-electron chi connectivity index (χ4n) is 3.92. The van der Waals surface area contributed by atoms with Crippen molar-refractivity contribution in [3.05, 3.63) is 52.6 Å². The third-order valence-corrected chi connectivity index (χ3v) is 5.69. The minimum absolute atomic E-state index is 0.225. The number of benzene rings is 1. The van der Waals surface area contributed by atoms with E-state index in [2.05, 4.69) is 24.0 Å². The Labute approximate surface area is 174 Å². The molecule has 1 aromatic carbocycles. The predicted molar refractivity (Wildman–Crippen MR) is 113 cm³/mol. The second kappa shape index (κ2) is 9.12.